The van der Waals surface area contributed by atoms with Crippen molar-refractivity contribution in [1.29, 1.82) is 0 Å². The van der Waals surface area contributed by atoms with Crippen LogP contribution in [0.2, 0.25) is 0 Å². The molecule has 3 heterocycles. The Morgan fingerprint density at radius 1 is 1.05 bits per heavy atom. The van der Waals surface area contributed by atoms with E-state index in [4.69, 9.17) is 4.74 Å². The first kappa shape index (κ1) is 27.3. The largest absolute Gasteiger partial charge is 0.394 e. The van der Waals surface area contributed by atoms with Crippen LogP contribution >= 0.6 is 0 Å². The van der Waals surface area contributed by atoms with Crippen molar-refractivity contribution in [1.82, 2.24) is 10.2 Å². The molecule has 3 fully saturated rings. The van der Waals surface area contributed by atoms with Crippen molar-refractivity contribution in [2.45, 2.75) is 75.7 Å². The molecule has 0 radical (unpaired) electrons. The number of carbonyl (C=O) groups excluding carboxylic acids is 3. The number of amides is 3. The van der Waals surface area contributed by atoms with Gasteiger partial charge in [0, 0.05) is 12.2 Å². The highest BCUT2D eigenvalue weighted by Crippen LogP contribution is 2.64. The number of para-hydroxylation sites is 1. The lowest BCUT2D eigenvalue weighted by Gasteiger charge is -2.37. The van der Waals surface area contributed by atoms with Crippen LogP contribution in [-0.2, 0) is 25.5 Å². The van der Waals surface area contributed by atoms with Crippen molar-refractivity contribution in [2.75, 3.05) is 18.5 Å². The number of nitrogens with one attached hydrogen (secondary N) is 2. The van der Waals surface area contributed by atoms with E-state index in [-0.39, 0.29) is 24.3 Å². The molecule has 2 aromatic rings. The fourth-order valence-electron chi connectivity index (χ4n) is 7.11. The highest BCUT2D eigenvalue weighted by atomic mass is 16.5. The summed E-state index contributed by atoms with van der Waals surface area (Å²) in [6.07, 6.45) is 3.80. The van der Waals surface area contributed by atoms with E-state index in [9.17, 15) is 19.5 Å². The predicted molar refractivity (Wildman–Crippen MR) is 148 cm³/mol. The molecule has 8 heteroatoms. The summed E-state index contributed by atoms with van der Waals surface area (Å²) in [5.74, 6) is -2.37. The molecule has 5 rings (SSSR count). The molecule has 2 unspecified atom stereocenters. The SMILES string of the molecule is CCCCNC(=O)C1N([C@@H](CO)Cc2ccccc2)C(=O)[C@@H]2[C@@H](C(=O)Nc3ccccc3)[C@@]3(CC)CCC12O3. The third-order valence-corrected chi connectivity index (χ3v) is 8.94. The number of rotatable bonds is 11. The lowest BCUT2D eigenvalue weighted by atomic mass is 9.65. The third kappa shape index (κ3) is 4.63. The number of fused-ring (bicyclic) bond motifs is 1. The van der Waals surface area contributed by atoms with E-state index in [0.717, 1.165) is 18.4 Å². The molecule has 39 heavy (non-hydrogen) atoms. The van der Waals surface area contributed by atoms with Crippen LogP contribution in [-0.4, -0.2) is 64.2 Å². The molecule has 3 N–H and O–H groups in total. The van der Waals surface area contributed by atoms with E-state index in [1.165, 1.54) is 0 Å². The molecule has 208 valence electrons. The van der Waals surface area contributed by atoms with Crippen molar-refractivity contribution >= 4 is 23.4 Å². The Kier molecular flexibility index (Phi) is 7.78. The Bertz CT molecular complexity index is 1190. The fourth-order valence-corrected chi connectivity index (χ4v) is 7.11. The number of unbranched alkanes of at least 4 members (excludes halogenated alkanes) is 1. The van der Waals surface area contributed by atoms with E-state index < -0.39 is 35.1 Å². The molecule has 3 saturated heterocycles. The second-order valence-corrected chi connectivity index (χ2v) is 11.1. The number of nitrogens with zero attached hydrogens (tertiary/aromatic N) is 1. The van der Waals surface area contributed by atoms with Gasteiger partial charge in [-0.1, -0.05) is 68.8 Å². The maximum atomic E-state index is 14.4. The standard InChI is InChI=1S/C31H39N3O5/c1-3-5-18-32-28(37)26-31-17-16-30(4-2,39-31)24(27(36)33-22-14-10-7-11-15-22)25(31)29(38)34(26)23(20-35)19-21-12-8-6-9-13-21/h6-15,23-26,35H,3-5,16-20H2,1-2H3,(H,32,37)(H,33,36)/t23-,24+,25+,26?,30-,31?/m1/s1. The Labute approximate surface area is 230 Å². The van der Waals surface area contributed by atoms with Crippen LogP contribution in [0.25, 0.3) is 0 Å². The molecule has 8 nitrogen and oxygen atoms in total. The number of likely N-dealkylation sites (tertiary alicyclic amines) is 1. The van der Waals surface area contributed by atoms with Crippen LogP contribution in [0.15, 0.2) is 60.7 Å². The van der Waals surface area contributed by atoms with Gasteiger partial charge in [-0.2, -0.15) is 0 Å². The normalized spacial score (nSPS) is 29.8. The highest BCUT2D eigenvalue weighted by molar-refractivity contribution is 6.02. The number of carbonyl (C=O) groups is 3. The van der Waals surface area contributed by atoms with Crippen LogP contribution in [0.5, 0.6) is 0 Å². The van der Waals surface area contributed by atoms with Gasteiger partial charge in [0.2, 0.25) is 17.7 Å². The monoisotopic (exact) mass is 533 g/mol. The minimum Gasteiger partial charge on any atom is -0.394 e. The van der Waals surface area contributed by atoms with E-state index in [1.54, 1.807) is 4.90 Å². The molecule has 1 spiro atoms. The van der Waals surface area contributed by atoms with Crippen LogP contribution in [0.3, 0.4) is 0 Å². The number of aliphatic hydroxyl groups excluding tert-OH is 1. The lowest BCUT2D eigenvalue weighted by Crippen LogP contribution is -2.58. The molecule has 2 aromatic carbocycles. The summed E-state index contributed by atoms with van der Waals surface area (Å²) in [6, 6.07) is 17.3. The van der Waals surface area contributed by atoms with Crippen LogP contribution in [0.1, 0.15) is 51.5 Å². The molecule has 3 aliphatic rings. The first-order chi connectivity index (χ1) is 18.9. The van der Waals surface area contributed by atoms with E-state index >= 15 is 0 Å². The van der Waals surface area contributed by atoms with E-state index in [2.05, 4.69) is 17.6 Å². The maximum Gasteiger partial charge on any atom is 0.245 e. The van der Waals surface area contributed by atoms with Crippen molar-refractivity contribution in [3.8, 4) is 0 Å². The zero-order valence-corrected chi connectivity index (χ0v) is 22.8. The second kappa shape index (κ2) is 11.1. The molecule has 2 bridgehead atoms. The molecular weight excluding hydrogens is 494 g/mol. The quantitative estimate of drug-likeness (QED) is 0.384. The summed E-state index contributed by atoms with van der Waals surface area (Å²) in [5.41, 5.74) is -0.329. The average molecular weight is 534 g/mol. The zero-order valence-electron chi connectivity index (χ0n) is 22.8. The first-order valence-electron chi connectivity index (χ1n) is 14.2. The van der Waals surface area contributed by atoms with Gasteiger partial charge in [-0.25, -0.2) is 0 Å². The fraction of sp³-hybridized carbons (Fsp3) is 0.516. The lowest BCUT2D eigenvalue weighted by molar-refractivity contribution is -0.150. The molecule has 0 aromatic heterocycles. The number of hydrogen-bond donors (Lipinski definition) is 3. The van der Waals surface area contributed by atoms with Gasteiger partial charge in [0.1, 0.15) is 11.6 Å². The van der Waals surface area contributed by atoms with Crippen molar-refractivity contribution in [2.24, 2.45) is 11.8 Å². The zero-order chi connectivity index (χ0) is 27.6. The molecule has 3 aliphatic heterocycles. The van der Waals surface area contributed by atoms with Gasteiger partial charge in [-0.05, 0) is 49.8 Å². The van der Waals surface area contributed by atoms with Crippen molar-refractivity contribution in [3.05, 3.63) is 66.2 Å². The number of aliphatic hydroxyl groups is 1. The third-order valence-electron chi connectivity index (χ3n) is 8.94. The molecule has 0 saturated carbocycles. The van der Waals surface area contributed by atoms with Crippen molar-refractivity contribution < 1.29 is 24.2 Å². The summed E-state index contributed by atoms with van der Waals surface area (Å²) in [7, 11) is 0. The number of benzene rings is 2. The van der Waals surface area contributed by atoms with Gasteiger partial charge in [-0.15, -0.1) is 0 Å². The summed E-state index contributed by atoms with van der Waals surface area (Å²) in [6.45, 7) is 4.22. The summed E-state index contributed by atoms with van der Waals surface area (Å²) < 4.78 is 6.81. The Balaban J connectivity index is 1.54. The van der Waals surface area contributed by atoms with Gasteiger partial charge in [0.15, 0.2) is 0 Å². The number of anilines is 1. The van der Waals surface area contributed by atoms with Crippen LogP contribution < -0.4 is 10.6 Å². The van der Waals surface area contributed by atoms with E-state index in [0.29, 0.717) is 37.9 Å². The summed E-state index contributed by atoms with van der Waals surface area (Å²) in [4.78, 5) is 43.7. The van der Waals surface area contributed by atoms with Gasteiger partial charge >= 0.3 is 0 Å². The highest BCUT2D eigenvalue weighted by Gasteiger charge is 2.79. The molecular formula is C31H39N3O5. The topological polar surface area (TPSA) is 108 Å². The Hall–Kier alpha value is -3.23. The van der Waals surface area contributed by atoms with Crippen LogP contribution in [0.4, 0.5) is 5.69 Å². The second-order valence-electron chi connectivity index (χ2n) is 11.1. The van der Waals surface area contributed by atoms with Crippen LogP contribution in [0, 0.1) is 11.8 Å². The number of ether oxygens (including phenoxy) is 1. The Morgan fingerprint density at radius 2 is 1.74 bits per heavy atom. The van der Waals surface area contributed by atoms with Gasteiger partial charge in [0.25, 0.3) is 0 Å². The first-order valence-corrected chi connectivity index (χ1v) is 14.2. The van der Waals surface area contributed by atoms with Gasteiger partial charge < -0.3 is 25.4 Å². The van der Waals surface area contributed by atoms with Gasteiger partial charge in [0.05, 0.1) is 30.1 Å². The molecule has 0 aliphatic carbocycles. The summed E-state index contributed by atoms with van der Waals surface area (Å²) in [5, 5.41) is 16.6. The molecule has 3 amide bonds. The average Bonchev–Trinajstić information content (AvgIpc) is 3.56. The van der Waals surface area contributed by atoms with Gasteiger partial charge in [-0.3, -0.25) is 14.4 Å². The summed E-state index contributed by atoms with van der Waals surface area (Å²) >= 11 is 0. The Morgan fingerprint density at radius 3 is 2.38 bits per heavy atom. The molecule has 6 atom stereocenters. The minimum atomic E-state index is -1.12. The minimum absolute atomic E-state index is 0.265. The predicted octanol–water partition coefficient (Wildman–Crippen LogP) is 3.30. The number of hydrogen-bond acceptors (Lipinski definition) is 5. The smallest absolute Gasteiger partial charge is 0.245 e. The van der Waals surface area contributed by atoms with E-state index in [1.807, 2.05) is 67.6 Å². The maximum absolute atomic E-state index is 14.4. The van der Waals surface area contributed by atoms with Crippen molar-refractivity contribution in [3.63, 3.8) is 0 Å².